The lowest BCUT2D eigenvalue weighted by Gasteiger charge is -2.28. The minimum atomic E-state index is -0.506. The molecule has 0 aromatic carbocycles. The molecule has 1 saturated carbocycles. The predicted octanol–water partition coefficient (Wildman–Crippen LogP) is 0.664. The van der Waals surface area contributed by atoms with Crippen LogP contribution in [0, 0.1) is 6.92 Å². The van der Waals surface area contributed by atoms with E-state index in [0.29, 0.717) is 23.6 Å². The van der Waals surface area contributed by atoms with Crippen LogP contribution in [0.15, 0.2) is 0 Å². The zero-order valence-corrected chi connectivity index (χ0v) is 12.6. The van der Waals surface area contributed by atoms with Crippen molar-refractivity contribution in [1.29, 1.82) is 0 Å². The Morgan fingerprint density at radius 2 is 2.00 bits per heavy atom. The fourth-order valence-electron chi connectivity index (χ4n) is 2.94. The highest BCUT2D eigenvalue weighted by atomic mass is 16.2. The summed E-state index contributed by atoms with van der Waals surface area (Å²) in [6, 6.07) is 0.0601. The topological polar surface area (TPSA) is 107 Å². The molecule has 0 radical (unpaired) electrons. The van der Waals surface area contributed by atoms with Crippen molar-refractivity contribution in [3.63, 3.8) is 0 Å². The molecule has 7 nitrogen and oxygen atoms in total. The number of primary amides is 1. The minimum Gasteiger partial charge on any atom is -0.395 e. The zero-order chi connectivity index (χ0) is 15.6. The van der Waals surface area contributed by atoms with Crippen molar-refractivity contribution < 1.29 is 9.59 Å². The van der Waals surface area contributed by atoms with E-state index >= 15 is 0 Å². The van der Waals surface area contributed by atoms with Crippen molar-refractivity contribution in [3.8, 4) is 0 Å². The molecule has 0 unspecified atom stereocenters. The van der Waals surface area contributed by atoms with E-state index in [1.165, 1.54) is 0 Å². The fraction of sp³-hybridized carbons (Fsp3) is 0.643. The Balaban J connectivity index is 2.35. The molecule has 0 bridgehead atoms. The lowest BCUT2D eigenvalue weighted by Crippen LogP contribution is -2.45. The maximum atomic E-state index is 12.9. The van der Waals surface area contributed by atoms with Gasteiger partial charge in [0.05, 0.1) is 17.9 Å². The zero-order valence-electron chi connectivity index (χ0n) is 12.6. The summed E-state index contributed by atoms with van der Waals surface area (Å²) in [5.41, 5.74) is 12.7. The first-order valence-corrected chi connectivity index (χ1v) is 7.37. The highest BCUT2D eigenvalue weighted by molar-refractivity contribution is 5.99. The summed E-state index contributed by atoms with van der Waals surface area (Å²) in [6.45, 7) is 4.15. The average molecular weight is 293 g/mol. The molecule has 1 fully saturated rings. The Morgan fingerprint density at radius 1 is 1.38 bits per heavy atom. The van der Waals surface area contributed by atoms with E-state index in [9.17, 15) is 9.59 Å². The first-order valence-electron chi connectivity index (χ1n) is 7.37. The van der Waals surface area contributed by atoms with Gasteiger partial charge in [-0.1, -0.05) is 12.8 Å². The number of hydrogen-bond acceptors (Lipinski definition) is 4. The number of carbonyl (C=O) groups is 2. The molecule has 2 amide bonds. The largest absolute Gasteiger partial charge is 0.395 e. The van der Waals surface area contributed by atoms with Crippen LogP contribution in [0.2, 0.25) is 0 Å². The number of nitrogen functional groups attached to an aromatic ring is 1. The molecule has 7 heteroatoms. The van der Waals surface area contributed by atoms with Crippen LogP contribution < -0.4 is 11.5 Å². The van der Waals surface area contributed by atoms with E-state index in [1.807, 2.05) is 6.92 Å². The quantitative estimate of drug-likeness (QED) is 0.831. The molecule has 1 aliphatic rings. The molecule has 0 atom stereocenters. The fourth-order valence-corrected chi connectivity index (χ4v) is 2.94. The van der Waals surface area contributed by atoms with Gasteiger partial charge in [0, 0.05) is 12.6 Å². The average Bonchev–Trinajstić information content (AvgIpc) is 3.05. The van der Waals surface area contributed by atoms with Gasteiger partial charge in [-0.25, -0.2) is 0 Å². The van der Waals surface area contributed by atoms with Gasteiger partial charge < -0.3 is 16.4 Å². The molecule has 1 aromatic rings. The molecule has 0 saturated heterocycles. The van der Waals surface area contributed by atoms with Crippen LogP contribution in [0.4, 0.5) is 5.69 Å². The van der Waals surface area contributed by atoms with E-state index in [-0.39, 0.29) is 18.5 Å². The van der Waals surface area contributed by atoms with Crippen LogP contribution in [0.3, 0.4) is 0 Å². The highest BCUT2D eigenvalue weighted by Gasteiger charge is 2.32. The second kappa shape index (κ2) is 6.15. The third-order valence-electron chi connectivity index (χ3n) is 4.03. The molecular weight excluding hydrogens is 270 g/mol. The molecule has 0 aliphatic heterocycles. The van der Waals surface area contributed by atoms with Gasteiger partial charge in [0.1, 0.15) is 5.69 Å². The van der Waals surface area contributed by atoms with Crippen molar-refractivity contribution >= 4 is 17.5 Å². The van der Waals surface area contributed by atoms with Crippen LogP contribution in [-0.4, -0.2) is 39.1 Å². The summed E-state index contributed by atoms with van der Waals surface area (Å²) < 4.78 is 1.59. The number of aryl methyl sites for hydroxylation is 2. The molecule has 1 aromatic heterocycles. The number of nitrogens with two attached hydrogens (primary N) is 2. The second-order valence-electron chi connectivity index (χ2n) is 5.50. The Kier molecular flexibility index (Phi) is 4.50. The van der Waals surface area contributed by atoms with Crippen LogP contribution in [0.5, 0.6) is 0 Å². The van der Waals surface area contributed by atoms with Crippen LogP contribution in [-0.2, 0) is 11.3 Å². The lowest BCUT2D eigenvalue weighted by molar-refractivity contribution is -0.119. The summed E-state index contributed by atoms with van der Waals surface area (Å²) in [5.74, 6) is -0.756. The van der Waals surface area contributed by atoms with Crippen molar-refractivity contribution in [2.24, 2.45) is 5.73 Å². The number of rotatable bonds is 5. The van der Waals surface area contributed by atoms with E-state index < -0.39 is 5.91 Å². The SMILES string of the molecule is CCn1nc(C)c(N)c1C(=O)N(CC(N)=O)C1CCCC1. The molecule has 21 heavy (non-hydrogen) atoms. The Bertz CT molecular complexity index is 546. The summed E-state index contributed by atoms with van der Waals surface area (Å²) in [6.07, 6.45) is 3.93. The van der Waals surface area contributed by atoms with Crippen LogP contribution in [0.1, 0.15) is 48.8 Å². The van der Waals surface area contributed by atoms with Crippen molar-refractivity contribution in [1.82, 2.24) is 14.7 Å². The summed E-state index contributed by atoms with van der Waals surface area (Å²) in [4.78, 5) is 25.7. The second-order valence-corrected chi connectivity index (χ2v) is 5.50. The maximum absolute atomic E-state index is 12.9. The van der Waals surface area contributed by atoms with Gasteiger partial charge >= 0.3 is 0 Å². The number of amides is 2. The Hall–Kier alpha value is -2.05. The van der Waals surface area contributed by atoms with Gasteiger partial charge in [-0.2, -0.15) is 5.10 Å². The van der Waals surface area contributed by atoms with Crippen LogP contribution >= 0.6 is 0 Å². The summed E-state index contributed by atoms with van der Waals surface area (Å²) in [5, 5.41) is 4.27. The first kappa shape index (κ1) is 15.3. The molecular formula is C14H23N5O2. The van der Waals surface area contributed by atoms with Crippen molar-refractivity contribution in [2.75, 3.05) is 12.3 Å². The van der Waals surface area contributed by atoms with E-state index in [4.69, 9.17) is 11.5 Å². The third kappa shape index (κ3) is 3.01. The Morgan fingerprint density at radius 3 is 2.52 bits per heavy atom. The van der Waals surface area contributed by atoms with E-state index in [0.717, 1.165) is 25.7 Å². The van der Waals surface area contributed by atoms with E-state index in [2.05, 4.69) is 5.10 Å². The molecule has 4 N–H and O–H groups in total. The summed E-state index contributed by atoms with van der Waals surface area (Å²) in [7, 11) is 0. The maximum Gasteiger partial charge on any atom is 0.275 e. The predicted molar refractivity (Wildman–Crippen MR) is 79.5 cm³/mol. The molecule has 116 valence electrons. The minimum absolute atomic E-state index is 0.0601. The van der Waals surface area contributed by atoms with Gasteiger partial charge in [0.25, 0.3) is 5.91 Å². The van der Waals surface area contributed by atoms with Gasteiger partial charge in [0.2, 0.25) is 5.91 Å². The van der Waals surface area contributed by atoms with Gasteiger partial charge in [-0.15, -0.1) is 0 Å². The smallest absolute Gasteiger partial charge is 0.275 e. The molecule has 2 rings (SSSR count). The van der Waals surface area contributed by atoms with Crippen molar-refractivity contribution in [3.05, 3.63) is 11.4 Å². The van der Waals surface area contributed by atoms with Gasteiger partial charge in [-0.05, 0) is 26.7 Å². The van der Waals surface area contributed by atoms with Gasteiger partial charge in [0.15, 0.2) is 0 Å². The van der Waals surface area contributed by atoms with Gasteiger partial charge in [-0.3, -0.25) is 14.3 Å². The van der Waals surface area contributed by atoms with E-state index in [1.54, 1.807) is 16.5 Å². The Labute approximate surface area is 124 Å². The third-order valence-corrected chi connectivity index (χ3v) is 4.03. The number of nitrogens with zero attached hydrogens (tertiary/aromatic N) is 3. The summed E-state index contributed by atoms with van der Waals surface area (Å²) >= 11 is 0. The van der Waals surface area contributed by atoms with Crippen molar-refractivity contribution in [2.45, 2.75) is 52.1 Å². The number of carbonyl (C=O) groups excluding carboxylic acids is 2. The monoisotopic (exact) mass is 293 g/mol. The molecule has 0 spiro atoms. The molecule has 1 heterocycles. The lowest BCUT2D eigenvalue weighted by atomic mass is 10.1. The number of anilines is 1. The number of aromatic nitrogens is 2. The standard InChI is InChI=1S/C14H23N5O2/c1-3-19-13(12(16)9(2)17-19)14(21)18(8-11(15)20)10-6-4-5-7-10/h10H,3-8,16H2,1-2H3,(H2,15,20). The normalized spacial score (nSPS) is 15.3. The van der Waals surface area contributed by atoms with Crippen LogP contribution in [0.25, 0.3) is 0 Å². The molecule has 1 aliphatic carbocycles. The number of hydrogen-bond donors (Lipinski definition) is 2. The highest BCUT2D eigenvalue weighted by Crippen LogP contribution is 2.26. The first-order chi connectivity index (χ1) is 9.95.